The first-order valence-corrected chi connectivity index (χ1v) is 12.4. The van der Waals surface area contributed by atoms with Crippen molar-refractivity contribution in [2.75, 3.05) is 17.7 Å². The zero-order valence-electron chi connectivity index (χ0n) is 19.6. The lowest BCUT2D eigenvalue weighted by atomic mass is 10.1. The van der Waals surface area contributed by atoms with Gasteiger partial charge in [-0.2, -0.15) is 0 Å². The van der Waals surface area contributed by atoms with Crippen molar-refractivity contribution in [2.24, 2.45) is 4.99 Å². The van der Waals surface area contributed by atoms with Gasteiger partial charge in [0.05, 0.1) is 27.2 Å². The fourth-order valence-corrected chi connectivity index (χ4v) is 4.41. The van der Waals surface area contributed by atoms with Gasteiger partial charge in [0.2, 0.25) is 6.41 Å². The first kappa shape index (κ1) is 26.3. The minimum Gasteiger partial charge on any atom is -0.361 e. The predicted octanol–water partition coefficient (Wildman–Crippen LogP) is 5.55. The third-order valence-electron chi connectivity index (χ3n) is 4.51. The average Bonchev–Trinajstić information content (AvgIpc) is 3.14. The molecule has 0 bridgehead atoms. The number of hydrogen-bond donors (Lipinski definition) is 2. The summed E-state index contributed by atoms with van der Waals surface area (Å²) in [5.41, 5.74) is 5.56. The van der Waals surface area contributed by atoms with Crippen LogP contribution in [0.5, 0.6) is 0 Å². The van der Waals surface area contributed by atoms with Crippen LogP contribution >= 0.6 is 23.1 Å². The van der Waals surface area contributed by atoms with Crippen LogP contribution in [0.1, 0.15) is 32.3 Å². The number of aromatic nitrogens is 2. The number of benzene rings is 1. The number of nitrogens with zero attached hydrogens (tertiary/aromatic N) is 3. The summed E-state index contributed by atoms with van der Waals surface area (Å²) in [4.78, 5) is 23.9. The van der Waals surface area contributed by atoms with E-state index in [1.165, 1.54) is 11.1 Å². The van der Waals surface area contributed by atoms with E-state index in [1.54, 1.807) is 23.1 Å². The van der Waals surface area contributed by atoms with Gasteiger partial charge >= 0.3 is 0 Å². The van der Waals surface area contributed by atoms with E-state index in [9.17, 15) is 4.79 Å². The van der Waals surface area contributed by atoms with Crippen molar-refractivity contribution in [1.29, 1.82) is 0 Å². The van der Waals surface area contributed by atoms with Crippen molar-refractivity contribution in [1.82, 2.24) is 15.3 Å². The Kier molecular flexibility index (Phi) is 11.3. The second-order valence-corrected chi connectivity index (χ2v) is 9.39. The van der Waals surface area contributed by atoms with Crippen molar-refractivity contribution in [3.8, 4) is 0 Å². The second-order valence-electron chi connectivity index (χ2n) is 7.32. The van der Waals surface area contributed by atoms with E-state index in [0.717, 1.165) is 51.4 Å². The van der Waals surface area contributed by atoms with Gasteiger partial charge in [-0.1, -0.05) is 35.9 Å². The Balaban J connectivity index is 0.000000273. The summed E-state index contributed by atoms with van der Waals surface area (Å²) in [6.07, 6.45) is 3.48. The number of carbonyl (C=O) groups excluding carboxylic acids is 1. The molecule has 3 rings (SSSR count). The maximum absolute atomic E-state index is 9.94. The third-order valence-corrected chi connectivity index (χ3v) is 6.31. The van der Waals surface area contributed by atoms with E-state index in [-0.39, 0.29) is 0 Å². The average molecular weight is 482 g/mol. The van der Waals surface area contributed by atoms with Crippen LogP contribution < -0.4 is 10.6 Å². The lowest BCUT2D eigenvalue weighted by Gasteiger charge is -2.04. The molecule has 0 radical (unpaired) electrons. The molecule has 33 heavy (non-hydrogen) atoms. The topological polar surface area (TPSA) is 79.3 Å². The molecule has 0 atom stereocenters. The SMILES string of the molecule is C=N/C(=C\SCNc1ccc(C)cn1)c1sc(C)nc1C.Cc1ccc(CCNC=O)cc1. The van der Waals surface area contributed by atoms with E-state index in [4.69, 9.17) is 0 Å². The number of aliphatic imine (C=N–C) groups is 1. The number of thioether (sulfide) groups is 1. The van der Waals surface area contributed by atoms with Crippen LogP contribution in [-0.2, 0) is 11.2 Å². The standard InChI is InChI=1S/C15H18N4S2.C10H13NO/c1-10-5-6-14(17-7-10)18-9-20-8-13(16-4)15-11(2)19-12(3)21-15;1-9-2-4-10(5-3-9)6-7-11-8-12/h5-8H,4,9H2,1-3H3,(H,17,18);2-5,8H,6-7H2,1H3,(H,11,12)/b13-8-;. The van der Waals surface area contributed by atoms with Gasteiger partial charge in [-0.3, -0.25) is 9.79 Å². The Labute approximate surface area is 204 Å². The maximum atomic E-state index is 9.94. The van der Waals surface area contributed by atoms with Crippen LogP contribution in [-0.4, -0.2) is 35.5 Å². The number of carbonyl (C=O) groups is 1. The van der Waals surface area contributed by atoms with Crippen LogP contribution in [0.2, 0.25) is 0 Å². The fourth-order valence-electron chi connectivity index (χ4n) is 2.77. The van der Waals surface area contributed by atoms with E-state index in [0.29, 0.717) is 6.54 Å². The summed E-state index contributed by atoms with van der Waals surface area (Å²) in [6.45, 7) is 12.4. The quantitative estimate of drug-likeness (QED) is 0.172. The minimum absolute atomic E-state index is 0.715. The number of thiazole rings is 1. The molecule has 0 spiro atoms. The monoisotopic (exact) mass is 481 g/mol. The molecule has 8 heteroatoms. The summed E-state index contributed by atoms with van der Waals surface area (Å²) in [5, 5.41) is 8.94. The molecule has 1 aromatic carbocycles. The summed E-state index contributed by atoms with van der Waals surface area (Å²) in [6, 6.07) is 12.3. The lowest BCUT2D eigenvalue weighted by Crippen LogP contribution is -2.14. The summed E-state index contributed by atoms with van der Waals surface area (Å²) < 4.78 is 0. The minimum atomic E-state index is 0.715. The Hall–Kier alpha value is -2.97. The molecule has 0 aliphatic heterocycles. The predicted molar refractivity (Wildman–Crippen MR) is 143 cm³/mol. The van der Waals surface area contributed by atoms with Gasteiger partial charge in [-0.15, -0.1) is 23.1 Å². The van der Waals surface area contributed by atoms with Crippen LogP contribution in [0.3, 0.4) is 0 Å². The molecule has 1 amide bonds. The van der Waals surface area contributed by atoms with E-state index in [2.05, 4.69) is 63.5 Å². The first-order valence-electron chi connectivity index (χ1n) is 10.5. The van der Waals surface area contributed by atoms with Crippen LogP contribution in [0.25, 0.3) is 5.70 Å². The molecule has 0 fully saturated rings. The Morgan fingerprint density at radius 3 is 2.42 bits per heavy atom. The Morgan fingerprint density at radius 2 is 1.85 bits per heavy atom. The van der Waals surface area contributed by atoms with Crippen molar-refractivity contribution >= 4 is 47.7 Å². The number of rotatable bonds is 10. The number of anilines is 1. The molecular formula is C25H31N5OS2. The zero-order valence-corrected chi connectivity index (χ0v) is 21.2. The molecule has 2 aromatic heterocycles. The molecule has 174 valence electrons. The number of hydrogen-bond acceptors (Lipinski definition) is 7. The summed E-state index contributed by atoms with van der Waals surface area (Å²) in [7, 11) is 0. The largest absolute Gasteiger partial charge is 0.361 e. The van der Waals surface area contributed by atoms with Gasteiger partial charge in [0.15, 0.2) is 0 Å². The van der Waals surface area contributed by atoms with Gasteiger partial charge in [0, 0.05) is 12.7 Å². The van der Waals surface area contributed by atoms with Crippen molar-refractivity contribution in [2.45, 2.75) is 34.1 Å². The van der Waals surface area contributed by atoms with Crippen LogP contribution in [0.15, 0.2) is 53.0 Å². The molecule has 0 aliphatic rings. The maximum Gasteiger partial charge on any atom is 0.207 e. The number of nitrogens with one attached hydrogen (secondary N) is 2. The normalized spacial score (nSPS) is 10.7. The molecule has 0 saturated heterocycles. The smallest absolute Gasteiger partial charge is 0.207 e. The van der Waals surface area contributed by atoms with E-state index in [1.807, 2.05) is 44.5 Å². The highest BCUT2D eigenvalue weighted by Gasteiger charge is 2.08. The number of aryl methyl sites for hydroxylation is 4. The van der Waals surface area contributed by atoms with Gasteiger partial charge in [0.25, 0.3) is 0 Å². The van der Waals surface area contributed by atoms with Gasteiger partial charge < -0.3 is 10.6 Å². The number of amides is 1. The van der Waals surface area contributed by atoms with Crippen molar-refractivity contribution in [3.05, 3.63) is 80.3 Å². The van der Waals surface area contributed by atoms with E-state index < -0.39 is 0 Å². The Morgan fingerprint density at radius 1 is 1.12 bits per heavy atom. The van der Waals surface area contributed by atoms with Crippen molar-refractivity contribution < 1.29 is 4.79 Å². The molecule has 0 unspecified atom stereocenters. The lowest BCUT2D eigenvalue weighted by molar-refractivity contribution is -0.109. The van der Waals surface area contributed by atoms with Crippen LogP contribution in [0, 0.1) is 27.7 Å². The van der Waals surface area contributed by atoms with Gasteiger partial charge in [-0.25, -0.2) is 9.97 Å². The molecule has 2 heterocycles. The fraction of sp³-hybridized carbons (Fsp3) is 0.280. The van der Waals surface area contributed by atoms with Gasteiger partial charge in [0.1, 0.15) is 5.82 Å². The van der Waals surface area contributed by atoms with E-state index >= 15 is 0 Å². The third kappa shape index (κ3) is 9.59. The van der Waals surface area contributed by atoms with Crippen LogP contribution in [0.4, 0.5) is 5.82 Å². The molecule has 3 aromatic rings. The highest BCUT2D eigenvalue weighted by molar-refractivity contribution is 8.02. The molecule has 0 aliphatic carbocycles. The van der Waals surface area contributed by atoms with Crippen molar-refractivity contribution in [3.63, 3.8) is 0 Å². The molecule has 2 N–H and O–H groups in total. The first-order chi connectivity index (χ1) is 15.9. The molecule has 0 saturated carbocycles. The number of pyridine rings is 1. The van der Waals surface area contributed by atoms with Gasteiger partial charge in [-0.05, 0) is 63.4 Å². The summed E-state index contributed by atoms with van der Waals surface area (Å²) in [5.74, 6) is 1.60. The second kappa shape index (κ2) is 14.2. The Bertz CT molecular complexity index is 1040. The zero-order chi connectivity index (χ0) is 24.1. The highest BCUT2D eigenvalue weighted by atomic mass is 32.2. The highest BCUT2D eigenvalue weighted by Crippen LogP contribution is 2.28. The molecule has 6 nitrogen and oxygen atoms in total. The summed E-state index contributed by atoms with van der Waals surface area (Å²) >= 11 is 3.27. The molecular weight excluding hydrogens is 450 g/mol.